The van der Waals surface area contributed by atoms with Gasteiger partial charge in [0.05, 0.1) is 5.92 Å². The molecule has 1 aliphatic rings. The zero-order chi connectivity index (χ0) is 23.1. The van der Waals surface area contributed by atoms with Crippen LogP contribution in [0.15, 0.2) is 48.5 Å². The molecule has 7 heteroatoms. The summed E-state index contributed by atoms with van der Waals surface area (Å²) in [6, 6.07) is 15.8. The van der Waals surface area contributed by atoms with E-state index in [2.05, 4.69) is 34.9 Å². The molecule has 0 aromatic heterocycles. The number of carbonyl (C=O) groups is 3. The van der Waals surface area contributed by atoms with Crippen LogP contribution >= 0.6 is 0 Å². The number of carbonyl (C=O) groups excluding carboxylic acids is 2. The van der Waals surface area contributed by atoms with Gasteiger partial charge in [-0.2, -0.15) is 0 Å². The van der Waals surface area contributed by atoms with E-state index in [1.807, 2.05) is 31.2 Å². The van der Waals surface area contributed by atoms with Crippen LogP contribution in [0.4, 0.5) is 4.79 Å². The lowest BCUT2D eigenvalue weighted by atomic mass is 9.98. The molecule has 7 nitrogen and oxygen atoms in total. The van der Waals surface area contributed by atoms with Gasteiger partial charge in [0.25, 0.3) is 0 Å². The molecule has 3 rings (SSSR count). The van der Waals surface area contributed by atoms with Gasteiger partial charge < -0.3 is 20.5 Å². The van der Waals surface area contributed by atoms with Crippen LogP contribution in [0.3, 0.4) is 0 Å². The van der Waals surface area contributed by atoms with Crippen molar-refractivity contribution in [3.63, 3.8) is 0 Å². The molecule has 0 saturated heterocycles. The van der Waals surface area contributed by atoms with Crippen molar-refractivity contribution in [3.05, 3.63) is 59.7 Å². The second-order valence-electron chi connectivity index (χ2n) is 8.03. The van der Waals surface area contributed by atoms with Crippen molar-refractivity contribution in [2.24, 2.45) is 5.92 Å². The van der Waals surface area contributed by atoms with Gasteiger partial charge >= 0.3 is 12.1 Å². The number of alkyl carbamates (subject to hydrolysis) is 1. The summed E-state index contributed by atoms with van der Waals surface area (Å²) in [4.78, 5) is 35.7. The number of rotatable bonds is 10. The Kier molecular flexibility index (Phi) is 7.87. The summed E-state index contributed by atoms with van der Waals surface area (Å²) in [7, 11) is 0. The molecule has 0 heterocycles. The molecule has 2 aromatic carbocycles. The lowest BCUT2D eigenvalue weighted by Gasteiger charge is -2.19. The predicted molar refractivity (Wildman–Crippen MR) is 121 cm³/mol. The monoisotopic (exact) mass is 438 g/mol. The first kappa shape index (κ1) is 23.3. The molecule has 2 aromatic rings. The third kappa shape index (κ3) is 5.46. The number of nitrogens with one attached hydrogen (secondary N) is 2. The van der Waals surface area contributed by atoms with Crippen LogP contribution < -0.4 is 10.6 Å². The molecule has 2 atom stereocenters. The standard InChI is InChI=1S/C25H30N2O5/c1-3-16(24(29)30)14-26-23(28)13-17(4-2)27-25(31)32-15-22-20-11-7-5-9-18(20)19-10-6-8-12-21(19)22/h5-12,16-17,22H,3-4,13-15H2,1-2H3,(H,26,28)(H,27,31)(H,29,30)/t16?,17-/m0/s1. The van der Waals surface area contributed by atoms with Gasteiger partial charge in [0.2, 0.25) is 5.91 Å². The van der Waals surface area contributed by atoms with Gasteiger partial charge in [0.15, 0.2) is 0 Å². The molecule has 0 saturated carbocycles. The first-order valence-corrected chi connectivity index (χ1v) is 11.1. The molecule has 1 unspecified atom stereocenters. The average Bonchev–Trinajstić information content (AvgIpc) is 3.11. The predicted octanol–water partition coefficient (Wildman–Crippen LogP) is 3.92. The van der Waals surface area contributed by atoms with Crippen molar-refractivity contribution >= 4 is 18.0 Å². The third-order valence-corrected chi connectivity index (χ3v) is 5.98. The number of carboxylic acid groups (broad SMARTS) is 1. The topological polar surface area (TPSA) is 105 Å². The minimum Gasteiger partial charge on any atom is -0.481 e. The third-order valence-electron chi connectivity index (χ3n) is 5.98. The molecule has 3 N–H and O–H groups in total. The summed E-state index contributed by atoms with van der Waals surface area (Å²) in [5.41, 5.74) is 4.59. The fourth-order valence-corrected chi connectivity index (χ4v) is 4.04. The molecular formula is C25H30N2O5. The van der Waals surface area contributed by atoms with Crippen LogP contribution in [0, 0.1) is 5.92 Å². The Morgan fingerprint density at radius 1 is 0.969 bits per heavy atom. The minimum atomic E-state index is -0.934. The Morgan fingerprint density at radius 2 is 1.56 bits per heavy atom. The molecule has 0 bridgehead atoms. The average molecular weight is 439 g/mol. The summed E-state index contributed by atoms with van der Waals surface area (Å²) in [5, 5.41) is 14.5. The van der Waals surface area contributed by atoms with Crippen LogP contribution in [0.25, 0.3) is 11.1 Å². The van der Waals surface area contributed by atoms with E-state index in [0.29, 0.717) is 12.8 Å². The summed E-state index contributed by atoms with van der Waals surface area (Å²) in [6.45, 7) is 3.91. The van der Waals surface area contributed by atoms with Gasteiger partial charge in [-0.05, 0) is 35.1 Å². The Bertz CT molecular complexity index is 929. The smallest absolute Gasteiger partial charge is 0.407 e. The van der Waals surface area contributed by atoms with Gasteiger partial charge in [-0.25, -0.2) is 4.79 Å². The Morgan fingerprint density at radius 3 is 2.09 bits per heavy atom. The van der Waals surface area contributed by atoms with Gasteiger partial charge in [-0.3, -0.25) is 9.59 Å². The largest absolute Gasteiger partial charge is 0.481 e. The highest BCUT2D eigenvalue weighted by molar-refractivity contribution is 5.80. The molecule has 1 aliphatic carbocycles. The van der Waals surface area contributed by atoms with Crippen LogP contribution in [-0.2, 0) is 14.3 Å². The highest BCUT2D eigenvalue weighted by Gasteiger charge is 2.29. The molecule has 0 fully saturated rings. The van der Waals surface area contributed by atoms with E-state index in [-0.39, 0.29) is 31.4 Å². The SMILES string of the molecule is CCC(CNC(=O)C[C@H](CC)NC(=O)OCC1c2ccccc2-c2ccccc21)C(=O)O. The normalized spacial score (nSPS) is 14.1. The van der Waals surface area contributed by atoms with Crippen molar-refractivity contribution < 1.29 is 24.2 Å². The number of hydrogen-bond donors (Lipinski definition) is 3. The van der Waals surface area contributed by atoms with E-state index in [1.54, 1.807) is 6.92 Å². The maximum Gasteiger partial charge on any atom is 0.407 e. The highest BCUT2D eigenvalue weighted by Crippen LogP contribution is 2.44. The van der Waals surface area contributed by atoms with E-state index in [1.165, 1.54) is 0 Å². The summed E-state index contributed by atoms with van der Waals surface area (Å²) >= 11 is 0. The first-order chi connectivity index (χ1) is 15.4. The van der Waals surface area contributed by atoms with Crippen LogP contribution in [0.1, 0.15) is 50.2 Å². The number of fused-ring (bicyclic) bond motifs is 3. The van der Waals surface area contributed by atoms with E-state index >= 15 is 0 Å². The fourth-order valence-electron chi connectivity index (χ4n) is 4.04. The van der Waals surface area contributed by atoms with Gasteiger partial charge in [0.1, 0.15) is 6.61 Å². The lowest BCUT2D eigenvalue weighted by molar-refractivity contribution is -0.141. The van der Waals surface area contributed by atoms with Crippen molar-refractivity contribution in [3.8, 4) is 11.1 Å². The van der Waals surface area contributed by atoms with Gasteiger partial charge in [-0.15, -0.1) is 0 Å². The number of benzene rings is 2. The quantitative estimate of drug-likeness (QED) is 0.521. The highest BCUT2D eigenvalue weighted by atomic mass is 16.5. The summed E-state index contributed by atoms with van der Waals surface area (Å²) in [6.07, 6.45) is 0.485. The van der Waals surface area contributed by atoms with Gasteiger partial charge in [-0.1, -0.05) is 62.4 Å². The summed E-state index contributed by atoms with van der Waals surface area (Å²) < 4.78 is 5.54. The maximum atomic E-state index is 12.4. The summed E-state index contributed by atoms with van der Waals surface area (Å²) in [5.74, 6) is -1.88. The number of ether oxygens (including phenoxy) is 1. The zero-order valence-corrected chi connectivity index (χ0v) is 18.5. The Hall–Kier alpha value is -3.35. The Labute approximate surface area is 188 Å². The molecule has 0 radical (unpaired) electrons. The van der Waals surface area contributed by atoms with Crippen LogP contribution in [0.5, 0.6) is 0 Å². The molecule has 0 spiro atoms. The number of amides is 2. The minimum absolute atomic E-state index is 0.0291. The van der Waals surface area contributed by atoms with Crippen molar-refractivity contribution in [1.82, 2.24) is 10.6 Å². The van der Waals surface area contributed by atoms with E-state index in [4.69, 9.17) is 9.84 Å². The van der Waals surface area contributed by atoms with Gasteiger partial charge in [0, 0.05) is 24.9 Å². The fraction of sp³-hybridized carbons (Fsp3) is 0.400. The van der Waals surface area contributed by atoms with Crippen molar-refractivity contribution in [2.45, 2.75) is 45.1 Å². The van der Waals surface area contributed by atoms with Crippen molar-refractivity contribution in [1.29, 1.82) is 0 Å². The Balaban J connectivity index is 1.53. The number of carboxylic acids is 1. The van der Waals surface area contributed by atoms with Crippen molar-refractivity contribution in [2.75, 3.05) is 13.2 Å². The lowest BCUT2D eigenvalue weighted by Crippen LogP contribution is -2.41. The van der Waals surface area contributed by atoms with Crippen LogP contribution in [-0.4, -0.2) is 42.3 Å². The second kappa shape index (κ2) is 10.8. The number of aliphatic carboxylic acids is 1. The molecule has 2 amide bonds. The first-order valence-electron chi connectivity index (χ1n) is 11.1. The van der Waals surface area contributed by atoms with Crippen LogP contribution in [0.2, 0.25) is 0 Å². The molecule has 32 heavy (non-hydrogen) atoms. The zero-order valence-electron chi connectivity index (χ0n) is 18.5. The molecule has 170 valence electrons. The van der Waals surface area contributed by atoms with E-state index in [9.17, 15) is 14.4 Å². The number of hydrogen-bond acceptors (Lipinski definition) is 4. The maximum absolute atomic E-state index is 12.4. The molecular weight excluding hydrogens is 408 g/mol. The second-order valence-corrected chi connectivity index (χ2v) is 8.03. The van der Waals surface area contributed by atoms with E-state index in [0.717, 1.165) is 22.3 Å². The molecule has 0 aliphatic heterocycles. The van der Waals surface area contributed by atoms with E-state index < -0.39 is 24.0 Å².